The molecule has 0 aliphatic heterocycles. The van der Waals surface area contributed by atoms with Crippen molar-refractivity contribution in [2.45, 2.75) is 32.7 Å². The SMILES string of the molecule is CC(C)(C)c1cn(Cc2ccc(Br)cc2)nn1. The fraction of sp³-hybridized carbons (Fsp3) is 0.385. The van der Waals surface area contributed by atoms with Crippen LogP contribution in [0, 0.1) is 0 Å². The first-order valence-corrected chi connectivity index (χ1v) is 6.39. The summed E-state index contributed by atoms with van der Waals surface area (Å²) in [5, 5.41) is 8.36. The van der Waals surface area contributed by atoms with Gasteiger partial charge in [0.15, 0.2) is 0 Å². The molecular formula is C13H16BrN3. The number of hydrogen-bond donors (Lipinski definition) is 0. The van der Waals surface area contributed by atoms with Crippen LogP contribution in [0.4, 0.5) is 0 Å². The molecule has 1 aromatic heterocycles. The molecule has 17 heavy (non-hydrogen) atoms. The minimum atomic E-state index is 0.0535. The Hall–Kier alpha value is -1.16. The third-order valence-corrected chi connectivity index (χ3v) is 3.09. The maximum atomic E-state index is 4.20. The van der Waals surface area contributed by atoms with Crippen LogP contribution in [0.2, 0.25) is 0 Å². The summed E-state index contributed by atoms with van der Waals surface area (Å²) in [4.78, 5) is 0. The van der Waals surface area contributed by atoms with E-state index < -0.39 is 0 Å². The highest BCUT2D eigenvalue weighted by Gasteiger charge is 2.17. The Morgan fingerprint density at radius 1 is 1.18 bits per heavy atom. The van der Waals surface area contributed by atoms with E-state index in [-0.39, 0.29) is 5.41 Å². The van der Waals surface area contributed by atoms with Crippen molar-refractivity contribution in [1.29, 1.82) is 0 Å². The van der Waals surface area contributed by atoms with Gasteiger partial charge >= 0.3 is 0 Å². The molecule has 1 heterocycles. The predicted molar refractivity (Wildman–Crippen MR) is 72.0 cm³/mol. The van der Waals surface area contributed by atoms with Gasteiger partial charge < -0.3 is 0 Å². The molecule has 0 spiro atoms. The van der Waals surface area contributed by atoms with Crippen molar-refractivity contribution in [1.82, 2.24) is 15.0 Å². The smallest absolute Gasteiger partial charge is 0.0880 e. The molecule has 0 aliphatic rings. The second-order valence-electron chi connectivity index (χ2n) is 5.18. The number of aromatic nitrogens is 3. The van der Waals surface area contributed by atoms with Crippen LogP contribution in [-0.4, -0.2) is 15.0 Å². The molecule has 2 aromatic rings. The molecule has 2 rings (SSSR count). The summed E-state index contributed by atoms with van der Waals surface area (Å²) in [7, 11) is 0. The molecule has 0 saturated heterocycles. The lowest BCUT2D eigenvalue weighted by atomic mass is 9.93. The van der Waals surface area contributed by atoms with Gasteiger partial charge in [-0.1, -0.05) is 54.0 Å². The van der Waals surface area contributed by atoms with Crippen molar-refractivity contribution in [3.8, 4) is 0 Å². The van der Waals surface area contributed by atoms with Crippen molar-refractivity contribution in [2.24, 2.45) is 0 Å². The van der Waals surface area contributed by atoms with Crippen LogP contribution in [0.25, 0.3) is 0 Å². The molecule has 0 amide bonds. The minimum Gasteiger partial charge on any atom is -0.248 e. The minimum absolute atomic E-state index is 0.0535. The summed E-state index contributed by atoms with van der Waals surface area (Å²) < 4.78 is 2.97. The topological polar surface area (TPSA) is 30.7 Å². The molecule has 0 bridgehead atoms. The zero-order chi connectivity index (χ0) is 12.5. The first-order valence-electron chi connectivity index (χ1n) is 5.60. The van der Waals surface area contributed by atoms with Gasteiger partial charge in [-0.3, -0.25) is 0 Å². The lowest BCUT2D eigenvalue weighted by Crippen LogP contribution is -2.11. The lowest BCUT2D eigenvalue weighted by molar-refractivity contribution is 0.566. The second-order valence-corrected chi connectivity index (χ2v) is 6.09. The molecule has 0 radical (unpaired) electrons. The molecule has 4 heteroatoms. The van der Waals surface area contributed by atoms with Gasteiger partial charge in [0.2, 0.25) is 0 Å². The van der Waals surface area contributed by atoms with E-state index in [1.807, 2.05) is 23.0 Å². The third-order valence-electron chi connectivity index (χ3n) is 2.56. The Labute approximate surface area is 110 Å². The Morgan fingerprint density at radius 2 is 1.82 bits per heavy atom. The van der Waals surface area contributed by atoms with Crippen molar-refractivity contribution in [3.05, 3.63) is 46.2 Å². The van der Waals surface area contributed by atoms with E-state index in [4.69, 9.17) is 0 Å². The molecule has 1 aromatic carbocycles. The average molecular weight is 294 g/mol. The largest absolute Gasteiger partial charge is 0.248 e. The van der Waals surface area contributed by atoms with E-state index in [2.05, 4.69) is 59.1 Å². The van der Waals surface area contributed by atoms with Crippen LogP contribution >= 0.6 is 15.9 Å². The fourth-order valence-corrected chi connectivity index (χ4v) is 1.76. The van der Waals surface area contributed by atoms with Gasteiger partial charge in [-0.15, -0.1) is 5.10 Å². The molecule has 0 saturated carbocycles. The van der Waals surface area contributed by atoms with Crippen molar-refractivity contribution < 1.29 is 0 Å². The standard InChI is InChI=1S/C13H16BrN3/c1-13(2,3)12-9-17(16-15-12)8-10-4-6-11(14)7-5-10/h4-7,9H,8H2,1-3H3. The van der Waals surface area contributed by atoms with E-state index in [9.17, 15) is 0 Å². The van der Waals surface area contributed by atoms with E-state index in [0.29, 0.717) is 0 Å². The van der Waals surface area contributed by atoms with Gasteiger partial charge in [0.25, 0.3) is 0 Å². The van der Waals surface area contributed by atoms with Crippen LogP contribution in [0.15, 0.2) is 34.9 Å². The molecule has 0 fully saturated rings. The fourth-order valence-electron chi connectivity index (χ4n) is 1.50. The number of nitrogens with zero attached hydrogens (tertiary/aromatic N) is 3. The Balaban J connectivity index is 2.14. The van der Waals surface area contributed by atoms with E-state index in [1.165, 1.54) is 5.56 Å². The predicted octanol–water partition coefficient (Wildman–Crippen LogP) is 3.39. The Bertz CT molecular complexity index is 494. The molecule has 0 unspecified atom stereocenters. The highest BCUT2D eigenvalue weighted by atomic mass is 79.9. The maximum absolute atomic E-state index is 4.20. The van der Waals surface area contributed by atoms with Crippen LogP contribution in [0.1, 0.15) is 32.0 Å². The van der Waals surface area contributed by atoms with Crippen LogP contribution < -0.4 is 0 Å². The highest BCUT2D eigenvalue weighted by molar-refractivity contribution is 9.10. The van der Waals surface area contributed by atoms with Crippen molar-refractivity contribution in [2.75, 3.05) is 0 Å². The third kappa shape index (κ3) is 3.16. The van der Waals surface area contributed by atoms with Gasteiger partial charge in [-0.2, -0.15) is 0 Å². The van der Waals surface area contributed by atoms with Gasteiger partial charge in [-0.05, 0) is 17.7 Å². The van der Waals surface area contributed by atoms with E-state index in [0.717, 1.165) is 16.7 Å². The van der Waals surface area contributed by atoms with Gasteiger partial charge in [0.1, 0.15) is 0 Å². The summed E-state index contributed by atoms with van der Waals surface area (Å²) in [6.07, 6.45) is 2.02. The lowest BCUT2D eigenvalue weighted by Gasteiger charge is -2.12. The normalized spacial score (nSPS) is 11.8. The highest BCUT2D eigenvalue weighted by Crippen LogP contribution is 2.19. The zero-order valence-electron chi connectivity index (χ0n) is 10.3. The van der Waals surface area contributed by atoms with Crippen molar-refractivity contribution in [3.63, 3.8) is 0 Å². The molecule has 0 atom stereocenters. The molecule has 0 aliphatic carbocycles. The molecule has 3 nitrogen and oxygen atoms in total. The summed E-state index contributed by atoms with van der Waals surface area (Å²) in [6.45, 7) is 7.18. The van der Waals surface area contributed by atoms with Crippen LogP contribution in [0.5, 0.6) is 0 Å². The van der Waals surface area contributed by atoms with Crippen LogP contribution in [-0.2, 0) is 12.0 Å². The second kappa shape index (κ2) is 4.61. The molecule has 0 N–H and O–H groups in total. The maximum Gasteiger partial charge on any atom is 0.0880 e. The first kappa shape index (κ1) is 12.3. The van der Waals surface area contributed by atoms with Crippen LogP contribution in [0.3, 0.4) is 0 Å². The summed E-state index contributed by atoms with van der Waals surface area (Å²) >= 11 is 3.43. The number of halogens is 1. The zero-order valence-corrected chi connectivity index (χ0v) is 11.9. The number of hydrogen-bond acceptors (Lipinski definition) is 2. The first-order chi connectivity index (χ1) is 7.95. The monoisotopic (exact) mass is 293 g/mol. The number of benzene rings is 1. The summed E-state index contributed by atoms with van der Waals surface area (Å²) in [6, 6.07) is 8.25. The summed E-state index contributed by atoms with van der Waals surface area (Å²) in [5.74, 6) is 0. The van der Waals surface area contributed by atoms with Gasteiger partial charge in [0.05, 0.1) is 12.2 Å². The quantitative estimate of drug-likeness (QED) is 0.850. The Morgan fingerprint density at radius 3 is 2.35 bits per heavy atom. The van der Waals surface area contributed by atoms with Gasteiger partial charge in [0, 0.05) is 16.1 Å². The number of rotatable bonds is 2. The van der Waals surface area contributed by atoms with E-state index >= 15 is 0 Å². The average Bonchev–Trinajstić information content (AvgIpc) is 2.69. The van der Waals surface area contributed by atoms with Gasteiger partial charge in [-0.25, -0.2) is 4.68 Å². The Kier molecular flexibility index (Phi) is 3.33. The van der Waals surface area contributed by atoms with Crippen molar-refractivity contribution >= 4 is 15.9 Å². The molecular weight excluding hydrogens is 278 g/mol. The summed E-state index contributed by atoms with van der Waals surface area (Å²) in [5.41, 5.74) is 2.30. The molecule has 90 valence electrons. The van der Waals surface area contributed by atoms with E-state index in [1.54, 1.807) is 0 Å².